The van der Waals surface area contributed by atoms with Crippen LogP contribution in [0.3, 0.4) is 0 Å². The van der Waals surface area contributed by atoms with Crippen LogP contribution < -0.4 is 34.3 Å². The van der Waals surface area contributed by atoms with Gasteiger partial charge in [-0.25, -0.2) is 13.2 Å². The zero-order valence-electron chi connectivity index (χ0n) is 13.9. The summed E-state index contributed by atoms with van der Waals surface area (Å²) >= 11 is 0. The van der Waals surface area contributed by atoms with E-state index in [9.17, 15) is 17.8 Å². The Balaban J connectivity index is 0.00000312. The minimum atomic E-state index is -4.68. The van der Waals surface area contributed by atoms with Crippen molar-refractivity contribution in [2.75, 3.05) is 13.2 Å². The summed E-state index contributed by atoms with van der Waals surface area (Å²) in [6.07, 6.45) is 2.17. The summed E-state index contributed by atoms with van der Waals surface area (Å²) in [5.41, 5.74) is 0. The van der Waals surface area contributed by atoms with Gasteiger partial charge in [0.15, 0.2) is 0 Å². The molecule has 0 N–H and O–H groups in total. The third-order valence-corrected chi connectivity index (χ3v) is 4.22. The smallest absolute Gasteiger partial charge is 0.744 e. The molecule has 0 amide bonds. The van der Waals surface area contributed by atoms with Gasteiger partial charge in [-0.15, -0.1) is 0 Å². The van der Waals surface area contributed by atoms with Crippen molar-refractivity contribution in [2.24, 2.45) is 0 Å². The van der Waals surface area contributed by atoms with Gasteiger partial charge in [0.05, 0.1) is 13.2 Å². The van der Waals surface area contributed by atoms with Crippen molar-refractivity contribution in [3.05, 3.63) is 49.1 Å². The van der Waals surface area contributed by atoms with Crippen LogP contribution in [0.1, 0.15) is 12.8 Å². The number of fused-ring (bicyclic) bond motifs is 1. The van der Waals surface area contributed by atoms with E-state index >= 15 is 0 Å². The molecule has 2 aromatic rings. The number of hydrogen-bond acceptors (Lipinski definition) is 6. The van der Waals surface area contributed by atoms with Crippen molar-refractivity contribution in [1.29, 1.82) is 0 Å². The maximum Gasteiger partial charge on any atom is 1.00 e. The summed E-state index contributed by atoms with van der Waals surface area (Å²) in [5.74, 6) is -0.461. The second-order valence-electron chi connectivity index (χ2n) is 5.00. The Morgan fingerprint density at radius 2 is 1.80 bits per heavy atom. The number of unbranched alkanes of at least 4 members (excludes halogenated alkanes) is 1. The second-order valence-corrected chi connectivity index (χ2v) is 6.31. The van der Waals surface area contributed by atoms with Crippen LogP contribution in [0.4, 0.5) is 0 Å². The number of carbonyl (C=O) groups is 1. The van der Waals surface area contributed by atoms with E-state index in [1.165, 1.54) is 6.07 Å². The molecule has 0 aromatic heterocycles. The molecule has 6 nitrogen and oxygen atoms in total. The molecule has 0 unspecified atom stereocenters. The Bertz CT molecular complexity index is 847. The molecular weight excluding hydrogens is 355 g/mol. The van der Waals surface area contributed by atoms with Crippen molar-refractivity contribution in [3.63, 3.8) is 0 Å². The van der Waals surface area contributed by atoms with Crippen molar-refractivity contribution in [1.82, 2.24) is 0 Å². The number of benzene rings is 2. The zero-order valence-corrected chi connectivity index (χ0v) is 16.8. The van der Waals surface area contributed by atoms with Crippen molar-refractivity contribution >= 4 is 26.9 Å². The fourth-order valence-electron chi connectivity index (χ4n) is 2.21. The SMILES string of the molecule is C=CC(=O)OCCCCOc1ccc2ccccc2c1S(=O)(=O)[O-].[Na+]. The van der Waals surface area contributed by atoms with Gasteiger partial charge in [-0.2, -0.15) is 0 Å². The number of carbonyl (C=O) groups excluding carboxylic acids is 1. The normalized spacial score (nSPS) is 10.8. The van der Waals surface area contributed by atoms with E-state index in [4.69, 9.17) is 9.47 Å². The minimum Gasteiger partial charge on any atom is -0.744 e. The van der Waals surface area contributed by atoms with Crippen LogP contribution in [0.5, 0.6) is 5.75 Å². The van der Waals surface area contributed by atoms with Gasteiger partial charge in [-0.3, -0.25) is 0 Å². The summed E-state index contributed by atoms with van der Waals surface area (Å²) in [6, 6.07) is 9.89. The molecule has 2 aromatic carbocycles. The van der Waals surface area contributed by atoms with Crippen molar-refractivity contribution in [3.8, 4) is 5.75 Å². The molecule has 0 aliphatic heterocycles. The molecule has 0 radical (unpaired) electrons. The maximum absolute atomic E-state index is 11.6. The number of ether oxygens (including phenoxy) is 2. The van der Waals surface area contributed by atoms with Crippen molar-refractivity contribution in [2.45, 2.75) is 17.7 Å². The topological polar surface area (TPSA) is 92.7 Å². The van der Waals surface area contributed by atoms with Gasteiger partial charge >= 0.3 is 35.5 Å². The quantitative estimate of drug-likeness (QED) is 0.207. The summed E-state index contributed by atoms with van der Waals surface area (Å²) < 4.78 is 45.1. The van der Waals surface area contributed by atoms with Gasteiger partial charge in [0.2, 0.25) is 0 Å². The van der Waals surface area contributed by atoms with Gasteiger partial charge in [-0.1, -0.05) is 36.9 Å². The molecule has 0 fully saturated rings. The largest absolute Gasteiger partial charge is 1.00 e. The monoisotopic (exact) mass is 372 g/mol. The van der Waals surface area contributed by atoms with E-state index in [1.807, 2.05) is 0 Å². The first-order chi connectivity index (χ1) is 11.4. The van der Waals surface area contributed by atoms with Crippen molar-refractivity contribution < 1.29 is 56.8 Å². The van der Waals surface area contributed by atoms with E-state index in [0.717, 1.165) is 6.08 Å². The molecular formula is C17H17NaO6S. The minimum absolute atomic E-state index is 0. The molecule has 0 saturated heterocycles. The number of hydrogen-bond donors (Lipinski definition) is 0. The molecule has 0 heterocycles. The summed E-state index contributed by atoms with van der Waals surface area (Å²) in [6.45, 7) is 3.71. The van der Waals surface area contributed by atoms with E-state index in [2.05, 4.69) is 6.58 Å². The van der Waals surface area contributed by atoms with Gasteiger partial charge in [0.1, 0.15) is 20.8 Å². The fraction of sp³-hybridized carbons (Fsp3) is 0.235. The Labute approximate surface area is 168 Å². The van der Waals surface area contributed by atoms with Gasteiger partial charge < -0.3 is 14.0 Å². The van der Waals surface area contributed by atoms with Crippen LogP contribution >= 0.6 is 0 Å². The van der Waals surface area contributed by atoms with Crippen LogP contribution in [-0.4, -0.2) is 32.2 Å². The second kappa shape index (κ2) is 9.94. The first-order valence-electron chi connectivity index (χ1n) is 7.33. The van der Waals surface area contributed by atoms with E-state index in [0.29, 0.717) is 23.6 Å². The molecule has 0 spiro atoms. The molecule has 0 atom stereocenters. The number of esters is 1. The molecule has 128 valence electrons. The standard InChI is InChI=1S/C17H18O6S.Na/c1-2-16(18)23-12-6-5-11-22-15-10-9-13-7-3-4-8-14(13)17(15)24(19,20)21;/h2-4,7-10H,1,5-6,11-12H2,(H,19,20,21);/q;+1/p-1. The predicted octanol–water partition coefficient (Wildman–Crippen LogP) is -0.364. The summed E-state index contributed by atoms with van der Waals surface area (Å²) in [4.78, 5) is 10.5. The van der Waals surface area contributed by atoms with Gasteiger partial charge in [0, 0.05) is 11.5 Å². The average molecular weight is 372 g/mol. The van der Waals surface area contributed by atoms with E-state index < -0.39 is 16.1 Å². The molecule has 0 aliphatic rings. The molecule has 2 rings (SSSR count). The Morgan fingerprint density at radius 3 is 2.48 bits per heavy atom. The Kier molecular flexibility index (Phi) is 8.61. The van der Waals surface area contributed by atoms with Crippen LogP contribution in [0, 0.1) is 0 Å². The zero-order chi connectivity index (χ0) is 17.6. The molecule has 8 heteroatoms. The fourth-order valence-corrected chi connectivity index (χ4v) is 3.04. The average Bonchev–Trinajstić information content (AvgIpc) is 2.56. The third-order valence-electron chi connectivity index (χ3n) is 3.30. The summed E-state index contributed by atoms with van der Waals surface area (Å²) in [7, 11) is -4.68. The first-order valence-corrected chi connectivity index (χ1v) is 8.74. The Morgan fingerprint density at radius 1 is 1.12 bits per heavy atom. The van der Waals surface area contributed by atoms with Crippen LogP contribution in [-0.2, 0) is 19.6 Å². The molecule has 25 heavy (non-hydrogen) atoms. The van der Waals surface area contributed by atoms with Crippen LogP contribution in [0.15, 0.2) is 53.9 Å². The molecule has 0 aliphatic carbocycles. The third kappa shape index (κ3) is 6.13. The van der Waals surface area contributed by atoms with Gasteiger partial charge in [0.25, 0.3) is 0 Å². The maximum atomic E-state index is 11.6. The molecule has 0 saturated carbocycles. The van der Waals surface area contributed by atoms with Gasteiger partial charge in [-0.05, 0) is 24.3 Å². The van der Waals surface area contributed by atoms with Crippen LogP contribution in [0.2, 0.25) is 0 Å². The summed E-state index contributed by atoms with van der Waals surface area (Å²) in [5, 5.41) is 0.987. The Hall–Kier alpha value is -1.38. The predicted molar refractivity (Wildman–Crippen MR) is 87.8 cm³/mol. The molecule has 0 bridgehead atoms. The van der Waals surface area contributed by atoms with E-state index in [1.54, 1.807) is 30.3 Å². The first kappa shape index (κ1) is 21.7. The van der Waals surface area contributed by atoms with E-state index in [-0.39, 0.29) is 53.4 Å². The van der Waals surface area contributed by atoms with Crippen LogP contribution in [0.25, 0.3) is 10.8 Å². The number of rotatable bonds is 8.